The van der Waals surface area contributed by atoms with Gasteiger partial charge < -0.3 is 19.8 Å². The van der Waals surface area contributed by atoms with Crippen molar-refractivity contribution in [3.8, 4) is 5.75 Å². The molecule has 4 aromatic carbocycles. The standard InChI is InChI=1S/C32H24BrClF5N3O3/c1-3-45-41-30-25-13-20(33)14-27(40-31(43)18-10-19(32(37,38)39)12-22(36)11-18)28(25)29(24-15-21(35)6-9-26(24)34)42(30)16-17-4-7-23(44-2)8-5-17/h4-15,29H,3,16H2,1-2H3,(H,40,43)/b41-30+. The van der Waals surface area contributed by atoms with Crippen LogP contribution in [-0.4, -0.2) is 30.4 Å². The number of hydrogen-bond donors (Lipinski definition) is 1. The monoisotopic (exact) mass is 707 g/mol. The molecule has 1 aliphatic heterocycles. The van der Waals surface area contributed by atoms with Crippen molar-refractivity contribution in [1.82, 2.24) is 4.90 Å². The lowest BCUT2D eigenvalue weighted by atomic mass is 9.95. The van der Waals surface area contributed by atoms with Gasteiger partial charge >= 0.3 is 6.18 Å². The molecule has 1 N–H and O–H groups in total. The van der Waals surface area contributed by atoms with Crippen molar-refractivity contribution in [1.29, 1.82) is 0 Å². The number of carbonyl (C=O) groups excluding carboxylic acids is 1. The number of alkyl halides is 3. The predicted molar refractivity (Wildman–Crippen MR) is 163 cm³/mol. The third kappa shape index (κ3) is 6.91. The number of anilines is 1. The van der Waals surface area contributed by atoms with Crippen LogP contribution in [-0.2, 0) is 17.6 Å². The van der Waals surface area contributed by atoms with Gasteiger partial charge in [-0.3, -0.25) is 4.79 Å². The summed E-state index contributed by atoms with van der Waals surface area (Å²) < 4.78 is 74.9. The number of halogens is 7. The van der Waals surface area contributed by atoms with Crippen molar-refractivity contribution < 1.29 is 36.3 Å². The SMILES string of the molecule is CCO/N=C1\c2cc(Br)cc(NC(=O)c3cc(F)cc(C(F)(F)F)c3)c2C(c2cc(F)ccc2Cl)N1Cc1ccc(OC)cc1. The molecule has 6 nitrogen and oxygen atoms in total. The summed E-state index contributed by atoms with van der Waals surface area (Å²) in [6, 6.07) is 15.1. The lowest BCUT2D eigenvalue weighted by Gasteiger charge is -2.29. The van der Waals surface area contributed by atoms with E-state index in [1.807, 2.05) is 17.0 Å². The first-order valence-electron chi connectivity index (χ1n) is 13.5. The smallest absolute Gasteiger partial charge is 0.416 e. The Morgan fingerprint density at radius 3 is 2.42 bits per heavy atom. The molecule has 1 unspecified atom stereocenters. The highest BCUT2D eigenvalue weighted by Gasteiger charge is 2.41. The largest absolute Gasteiger partial charge is 0.497 e. The molecule has 0 radical (unpaired) electrons. The van der Waals surface area contributed by atoms with Gasteiger partial charge in [-0.15, -0.1) is 0 Å². The van der Waals surface area contributed by atoms with E-state index in [0.29, 0.717) is 50.9 Å². The fraction of sp³-hybridized carbons (Fsp3) is 0.188. The number of fused-ring (bicyclic) bond motifs is 1. The van der Waals surface area contributed by atoms with Crippen LogP contribution in [0.1, 0.15) is 51.1 Å². The molecule has 0 aliphatic carbocycles. The lowest BCUT2D eigenvalue weighted by Crippen LogP contribution is -2.29. The molecule has 0 aromatic heterocycles. The van der Waals surface area contributed by atoms with Crippen molar-refractivity contribution in [3.63, 3.8) is 0 Å². The molecular weight excluding hydrogens is 685 g/mol. The first kappa shape index (κ1) is 32.2. The van der Waals surface area contributed by atoms with Gasteiger partial charge in [-0.05, 0) is 73.2 Å². The molecule has 13 heteroatoms. The molecular formula is C32H24BrClF5N3O3. The molecule has 1 heterocycles. The molecule has 45 heavy (non-hydrogen) atoms. The average molecular weight is 709 g/mol. The minimum Gasteiger partial charge on any atom is -0.497 e. The number of nitrogens with zero attached hydrogens (tertiary/aromatic N) is 2. The second-order valence-corrected chi connectivity index (χ2v) is 11.3. The number of ether oxygens (including phenoxy) is 1. The van der Waals surface area contributed by atoms with Gasteiger partial charge in [0, 0.05) is 44.0 Å². The molecule has 1 aliphatic rings. The number of nitrogens with one attached hydrogen (secondary N) is 1. The van der Waals surface area contributed by atoms with Gasteiger partial charge in [0.25, 0.3) is 5.91 Å². The van der Waals surface area contributed by atoms with Crippen LogP contribution in [0.2, 0.25) is 5.02 Å². The quantitative estimate of drug-likeness (QED) is 0.147. The van der Waals surface area contributed by atoms with Gasteiger partial charge in [0.1, 0.15) is 24.0 Å². The fourth-order valence-corrected chi connectivity index (χ4v) is 5.76. The zero-order valence-electron chi connectivity index (χ0n) is 23.7. The summed E-state index contributed by atoms with van der Waals surface area (Å²) in [6.07, 6.45) is -4.88. The summed E-state index contributed by atoms with van der Waals surface area (Å²) in [6.45, 7) is 2.18. The number of methoxy groups -OCH3 is 1. The van der Waals surface area contributed by atoms with Crippen LogP contribution in [0.25, 0.3) is 0 Å². The summed E-state index contributed by atoms with van der Waals surface area (Å²) in [4.78, 5) is 20.7. The first-order chi connectivity index (χ1) is 21.4. The molecule has 1 atom stereocenters. The Morgan fingerprint density at radius 2 is 1.76 bits per heavy atom. The number of rotatable bonds is 8. The molecule has 0 saturated heterocycles. The van der Waals surface area contributed by atoms with E-state index in [0.717, 1.165) is 5.56 Å². The van der Waals surface area contributed by atoms with Gasteiger partial charge in [0.2, 0.25) is 0 Å². The summed E-state index contributed by atoms with van der Waals surface area (Å²) >= 11 is 10.1. The van der Waals surface area contributed by atoms with E-state index in [1.165, 1.54) is 24.3 Å². The molecule has 0 fully saturated rings. The number of benzene rings is 4. The summed E-state index contributed by atoms with van der Waals surface area (Å²) in [5.41, 5.74) is 0.320. The Morgan fingerprint density at radius 1 is 1.02 bits per heavy atom. The Labute approximate surface area is 268 Å². The maximum absolute atomic E-state index is 14.7. The van der Waals surface area contributed by atoms with E-state index in [2.05, 4.69) is 26.4 Å². The van der Waals surface area contributed by atoms with E-state index in [1.54, 1.807) is 32.2 Å². The van der Waals surface area contributed by atoms with Crippen LogP contribution in [0.3, 0.4) is 0 Å². The van der Waals surface area contributed by atoms with Crippen molar-refractivity contribution in [3.05, 3.63) is 127 Å². The zero-order chi connectivity index (χ0) is 32.5. The first-order valence-corrected chi connectivity index (χ1v) is 14.6. The fourth-order valence-electron chi connectivity index (χ4n) is 5.08. The minimum absolute atomic E-state index is 0.147. The molecule has 0 saturated carbocycles. The van der Waals surface area contributed by atoms with Crippen LogP contribution in [0.4, 0.5) is 27.6 Å². The number of hydrogen-bond acceptors (Lipinski definition) is 4. The van der Waals surface area contributed by atoms with Crippen molar-refractivity contribution in [2.24, 2.45) is 5.16 Å². The molecule has 5 rings (SSSR count). The van der Waals surface area contributed by atoms with Crippen LogP contribution >= 0.6 is 27.5 Å². The van der Waals surface area contributed by atoms with Gasteiger partial charge in [-0.25, -0.2) is 8.78 Å². The van der Waals surface area contributed by atoms with E-state index in [9.17, 15) is 26.7 Å². The second kappa shape index (κ2) is 13.1. The van der Waals surface area contributed by atoms with E-state index < -0.39 is 40.9 Å². The van der Waals surface area contributed by atoms with Crippen LogP contribution < -0.4 is 10.1 Å². The van der Waals surface area contributed by atoms with Crippen molar-refractivity contribution >= 4 is 45.0 Å². The number of amides is 1. The van der Waals surface area contributed by atoms with E-state index >= 15 is 0 Å². The lowest BCUT2D eigenvalue weighted by molar-refractivity contribution is -0.137. The Hall–Kier alpha value is -4.16. The number of amidine groups is 1. The zero-order valence-corrected chi connectivity index (χ0v) is 26.0. The molecule has 0 spiro atoms. The molecule has 0 bridgehead atoms. The molecule has 1 amide bonds. The van der Waals surface area contributed by atoms with Gasteiger partial charge in [-0.2, -0.15) is 13.2 Å². The Balaban J connectivity index is 1.69. The van der Waals surface area contributed by atoms with Crippen LogP contribution in [0.15, 0.2) is 82.4 Å². The molecule has 4 aromatic rings. The van der Waals surface area contributed by atoms with Gasteiger partial charge in [0.15, 0.2) is 5.84 Å². The Kier molecular flexibility index (Phi) is 9.36. The van der Waals surface area contributed by atoms with Crippen molar-refractivity contribution in [2.75, 3.05) is 19.0 Å². The predicted octanol–water partition coefficient (Wildman–Crippen LogP) is 8.96. The maximum atomic E-state index is 14.7. The van der Waals surface area contributed by atoms with Crippen LogP contribution in [0, 0.1) is 11.6 Å². The van der Waals surface area contributed by atoms with Gasteiger partial charge in [0.05, 0.1) is 18.7 Å². The third-order valence-corrected chi connectivity index (χ3v) is 7.83. The van der Waals surface area contributed by atoms with E-state index in [4.69, 9.17) is 21.2 Å². The summed E-state index contributed by atoms with van der Waals surface area (Å²) in [5, 5.41) is 7.21. The number of carbonyl (C=O) groups is 1. The number of oxime groups is 1. The minimum atomic E-state index is -4.88. The van der Waals surface area contributed by atoms with E-state index in [-0.39, 0.29) is 23.9 Å². The summed E-state index contributed by atoms with van der Waals surface area (Å²) in [5.74, 6) is -1.83. The van der Waals surface area contributed by atoms with Crippen molar-refractivity contribution in [2.45, 2.75) is 25.7 Å². The highest BCUT2D eigenvalue weighted by molar-refractivity contribution is 9.10. The third-order valence-electron chi connectivity index (χ3n) is 7.02. The topological polar surface area (TPSA) is 63.2 Å². The average Bonchev–Trinajstić information content (AvgIpc) is 3.29. The highest BCUT2D eigenvalue weighted by atomic mass is 79.9. The Bertz CT molecular complexity index is 1780. The van der Waals surface area contributed by atoms with Crippen LogP contribution in [0.5, 0.6) is 5.75 Å². The molecule has 234 valence electrons. The van der Waals surface area contributed by atoms with Gasteiger partial charge in [-0.1, -0.05) is 44.8 Å². The normalized spacial score (nSPS) is 15.3. The maximum Gasteiger partial charge on any atom is 0.416 e. The second-order valence-electron chi connectivity index (χ2n) is 9.97. The highest BCUT2D eigenvalue weighted by Crippen LogP contribution is 2.47. The summed E-state index contributed by atoms with van der Waals surface area (Å²) in [7, 11) is 1.54.